The number of likely N-dealkylation sites (N-methyl/N-ethyl adjacent to an activating group) is 1. The zero-order valence-corrected chi connectivity index (χ0v) is 18.6. The first kappa shape index (κ1) is 23.4. The van der Waals surface area contributed by atoms with Crippen LogP contribution in [0, 0.1) is 5.92 Å². The fourth-order valence-corrected chi connectivity index (χ4v) is 4.66. The molecule has 0 saturated carbocycles. The number of nitrogens with one attached hydrogen (secondary N) is 1. The summed E-state index contributed by atoms with van der Waals surface area (Å²) in [6.07, 6.45) is 3.37. The molecule has 1 atom stereocenters. The smallest absolute Gasteiger partial charge is 0.243 e. The molecule has 1 saturated heterocycles. The molecule has 9 heteroatoms. The van der Waals surface area contributed by atoms with Gasteiger partial charge in [-0.1, -0.05) is 6.92 Å². The SMILES string of the molecule is COc1ccc(S(=O)(=O)N(C)CC(=O)NCCCN2CCC[C@@H](C)C2)cc1OC. The fourth-order valence-electron chi connectivity index (χ4n) is 3.52. The lowest BCUT2D eigenvalue weighted by molar-refractivity contribution is -0.121. The first-order valence-electron chi connectivity index (χ1n) is 9.95. The van der Waals surface area contributed by atoms with Crippen molar-refractivity contribution >= 4 is 15.9 Å². The van der Waals surface area contributed by atoms with Crippen molar-refractivity contribution in [3.63, 3.8) is 0 Å². The Morgan fingerprint density at radius 1 is 1.28 bits per heavy atom. The maximum atomic E-state index is 12.7. The standard InChI is InChI=1S/C20H33N3O5S/c1-16-7-5-11-23(14-16)12-6-10-21-20(24)15-22(2)29(25,26)17-8-9-18(27-3)19(13-17)28-4/h8-9,13,16H,5-7,10-12,14-15H2,1-4H3,(H,21,24)/t16-/m1/s1. The summed E-state index contributed by atoms with van der Waals surface area (Å²) in [4.78, 5) is 14.7. The van der Waals surface area contributed by atoms with E-state index in [9.17, 15) is 13.2 Å². The van der Waals surface area contributed by atoms with Gasteiger partial charge in [0, 0.05) is 26.2 Å². The maximum absolute atomic E-state index is 12.7. The third kappa shape index (κ3) is 6.58. The molecule has 1 aliphatic rings. The Bertz CT molecular complexity index is 784. The van der Waals surface area contributed by atoms with Gasteiger partial charge in [-0.25, -0.2) is 8.42 Å². The van der Waals surface area contributed by atoms with E-state index in [1.165, 1.54) is 52.3 Å². The van der Waals surface area contributed by atoms with Crippen molar-refractivity contribution in [2.24, 2.45) is 5.92 Å². The minimum atomic E-state index is -3.82. The summed E-state index contributed by atoms with van der Waals surface area (Å²) in [6, 6.07) is 4.36. The van der Waals surface area contributed by atoms with Gasteiger partial charge in [-0.15, -0.1) is 0 Å². The second kappa shape index (κ2) is 10.8. The summed E-state index contributed by atoms with van der Waals surface area (Å²) < 4.78 is 36.8. The van der Waals surface area contributed by atoms with Crippen LogP contribution in [0.15, 0.2) is 23.1 Å². The molecule has 1 aliphatic heterocycles. The lowest BCUT2D eigenvalue weighted by Crippen LogP contribution is -2.40. The zero-order valence-electron chi connectivity index (χ0n) is 17.8. The largest absolute Gasteiger partial charge is 0.493 e. The molecule has 164 valence electrons. The molecule has 0 spiro atoms. The fraction of sp³-hybridized carbons (Fsp3) is 0.650. The number of carbonyl (C=O) groups is 1. The van der Waals surface area contributed by atoms with E-state index < -0.39 is 10.0 Å². The number of likely N-dealkylation sites (tertiary alicyclic amines) is 1. The Labute approximate surface area is 174 Å². The molecule has 1 N–H and O–H groups in total. The maximum Gasteiger partial charge on any atom is 0.243 e. The van der Waals surface area contributed by atoms with Crippen LogP contribution < -0.4 is 14.8 Å². The number of hydrogen-bond acceptors (Lipinski definition) is 6. The van der Waals surface area contributed by atoms with E-state index >= 15 is 0 Å². The molecule has 1 aromatic rings. The molecule has 1 heterocycles. The molecule has 1 amide bonds. The highest BCUT2D eigenvalue weighted by molar-refractivity contribution is 7.89. The molecule has 2 rings (SSSR count). The van der Waals surface area contributed by atoms with Gasteiger partial charge in [0.1, 0.15) is 0 Å². The van der Waals surface area contributed by atoms with Gasteiger partial charge in [-0.3, -0.25) is 4.79 Å². The van der Waals surface area contributed by atoms with Crippen LogP contribution in [0.5, 0.6) is 11.5 Å². The van der Waals surface area contributed by atoms with E-state index in [-0.39, 0.29) is 17.3 Å². The molecule has 0 radical (unpaired) electrons. The number of sulfonamides is 1. The van der Waals surface area contributed by atoms with Crippen LogP contribution in [0.2, 0.25) is 0 Å². The summed E-state index contributed by atoms with van der Waals surface area (Å²) in [7, 11) is 0.494. The van der Waals surface area contributed by atoms with Crippen molar-refractivity contribution in [1.82, 2.24) is 14.5 Å². The van der Waals surface area contributed by atoms with Crippen LogP contribution in [-0.4, -0.2) is 77.5 Å². The van der Waals surface area contributed by atoms with Crippen LogP contribution in [0.25, 0.3) is 0 Å². The van der Waals surface area contributed by atoms with Gasteiger partial charge in [-0.2, -0.15) is 4.31 Å². The van der Waals surface area contributed by atoms with E-state index in [0.717, 1.165) is 36.3 Å². The average molecular weight is 428 g/mol. The molecular weight excluding hydrogens is 394 g/mol. The molecular formula is C20H33N3O5S. The summed E-state index contributed by atoms with van der Waals surface area (Å²) in [5, 5.41) is 2.81. The molecule has 0 aliphatic carbocycles. The number of ether oxygens (including phenoxy) is 2. The molecule has 1 fully saturated rings. The first-order chi connectivity index (χ1) is 13.8. The first-order valence-corrected chi connectivity index (χ1v) is 11.4. The van der Waals surface area contributed by atoms with E-state index in [0.29, 0.717) is 18.0 Å². The number of benzene rings is 1. The lowest BCUT2D eigenvalue weighted by atomic mass is 10.0. The van der Waals surface area contributed by atoms with Crippen molar-refractivity contribution in [1.29, 1.82) is 0 Å². The van der Waals surface area contributed by atoms with Crippen molar-refractivity contribution in [3.05, 3.63) is 18.2 Å². The average Bonchev–Trinajstić information content (AvgIpc) is 2.70. The molecule has 29 heavy (non-hydrogen) atoms. The quantitative estimate of drug-likeness (QED) is 0.570. The van der Waals surface area contributed by atoms with Crippen LogP contribution in [0.3, 0.4) is 0 Å². The third-order valence-electron chi connectivity index (χ3n) is 5.14. The van der Waals surface area contributed by atoms with E-state index in [4.69, 9.17) is 9.47 Å². The van der Waals surface area contributed by atoms with E-state index in [1.807, 2.05) is 0 Å². The van der Waals surface area contributed by atoms with Crippen LogP contribution in [-0.2, 0) is 14.8 Å². The molecule has 1 aromatic carbocycles. The number of amides is 1. The molecule has 0 aromatic heterocycles. The van der Waals surface area contributed by atoms with Gasteiger partial charge >= 0.3 is 0 Å². The minimum Gasteiger partial charge on any atom is -0.493 e. The highest BCUT2D eigenvalue weighted by atomic mass is 32.2. The van der Waals surface area contributed by atoms with Gasteiger partial charge < -0.3 is 19.7 Å². The lowest BCUT2D eigenvalue weighted by Gasteiger charge is -2.30. The van der Waals surface area contributed by atoms with Crippen LogP contribution in [0.4, 0.5) is 0 Å². The predicted octanol–water partition coefficient (Wildman–Crippen LogP) is 1.56. The highest BCUT2D eigenvalue weighted by Gasteiger charge is 2.24. The number of methoxy groups -OCH3 is 2. The van der Waals surface area contributed by atoms with Gasteiger partial charge in [0.15, 0.2) is 11.5 Å². The van der Waals surface area contributed by atoms with Crippen molar-refractivity contribution < 1.29 is 22.7 Å². The molecule has 0 unspecified atom stereocenters. The zero-order chi connectivity index (χ0) is 21.4. The van der Waals surface area contributed by atoms with Crippen molar-refractivity contribution in [2.75, 3.05) is 54.0 Å². The van der Waals surface area contributed by atoms with Gasteiger partial charge in [0.2, 0.25) is 15.9 Å². The van der Waals surface area contributed by atoms with E-state index in [1.54, 1.807) is 0 Å². The number of piperidine rings is 1. The van der Waals surface area contributed by atoms with E-state index in [2.05, 4.69) is 17.1 Å². The molecule has 0 bridgehead atoms. The Balaban J connectivity index is 1.83. The summed E-state index contributed by atoms with van der Waals surface area (Å²) >= 11 is 0. The summed E-state index contributed by atoms with van der Waals surface area (Å²) in [5.74, 6) is 1.17. The Morgan fingerprint density at radius 3 is 2.66 bits per heavy atom. The third-order valence-corrected chi connectivity index (χ3v) is 6.94. The van der Waals surface area contributed by atoms with Gasteiger partial charge in [0.05, 0.1) is 25.7 Å². The highest BCUT2D eigenvalue weighted by Crippen LogP contribution is 2.30. The Morgan fingerprint density at radius 2 is 2.00 bits per heavy atom. The Hall–Kier alpha value is -1.84. The molecule has 8 nitrogen and oxygen atoms in total. The number of rotatable bonds is 10. The Kier molecular flexibility index (Phi) is 8.73. The second-order valence-corrected chi connectivity index (χ2v) is 9.57. The minimum absolute atomic E-state index is 0.0460. The van der Waals surface area contributed by atoms with Crippen molar-refractivity contribution in [2.45, 2.75) is 31.1 Å². The monoisotopic (exact) mass is 427 g/mol. The summed E-state index contributed by atoms with van der Waals surface area (Å²) in [5.41, 5.74) is 0. The predicted molar refractivity (Wildman–Crippen MR) is 112 cm³/mol. The summed E-state index contributed by atoms with van der Waals surface area (Å²) in [6.45, 7) is 5.74. The number of carbonyl (C=O) groups excluding carboxylic acids is 1. The number of hydrogen-bond donors (Lipinski definition) is 1. The number of nitrogens with zero attached hydrogens (tertiary/aromatic N) is 2. The van der Waals surface area contributed by atoms with Crippen LogP contribution >= 0.6 is 0 Å². The topological polar surface area (TPSA) is 88.2 Å². The van der Waals surface area contributed by atoms with Crippen molar-refractivity contribution in [3.8, 4) is 11.5 Å². The van der Waals surface area contributed by atoms with Gasteiger partial charge in [-0.05, 0) is 50.4 Å². The normalized spacial score (nSPS) is 17.9. The van der Waals surface area contributed by atoms with Crippen LogP contribution in [0.1, 0.15) is 26.2 Å². The second-order valence-electron chi connectivity index (χ2n) is 7.53. The van der Waals surface area contributed by atoms with Gasteiger partial charge in [0.25, 0.3) is 0 Å².